The Balaban J connectivity index is 1.87. The van der Waals surface area contributed by atoms with Crippen molar-refractivity contribution in [3.05, 3.63) is 34.6 Å². The number of hydrogen-bond acceptors (Lipinski definition) is 3. The number of benzene rings is 1. The zero-order valence-electron chi connectivity index (χ0n) is 13.8. The lowest BCUT2D eigenvalue weighted by Crippen LogP contribution is -2.53. The van der Waals surface area contributed by atoms with Gasteiger partial charge in [0.15, 0.2) is 0 Å². The van der Waals surface area contributed by atoms with Crippen LogP contribution < -0.4 is 0 Å². The normalized spacial score (nSPS) is 26.0. The lowest BCUT2D eigenvalue weighted by molar-refractivity contribution is -0.0456. The van der Waals surface area contributed by atoms with Crippen LogP contribution in [0.3, 0.4) is 0 Å². The maximum absolute atomic E-state index is 14.1. The molecule has 0 aromatic heterocycles. The molecule has 134 valence electrons. The number of morpholine rings is 1. The molecule has 0 amide bonds. The summed E-state index contributed by atoms with van der Waals surface area (Å²) in [5, 5.41) is 0.250. The molecular weight excluding hydrogens is 355 g/mol. The van der Waals surface area contributed by atoms with E-state index in [1.54, 1.807) is 6.07 Å². The van der Waals surface area contributed by atoms with Gasteiger partial charge in [0, 0.05) is 36.3 Å². The summed E-state index contributed by atoms with van der Waals surface area (Å²) in [5.41, 5.74) is 0.226. The molecule has 24 heavy (non-hydrogen) atoms. The van der Waals surface area contributed by atoms with Crippen LogP contribution in [-0.4, -0.2) is 48.4 Å². The van der Waals surface area contributed by atoms with Gasteiger partial charge in [0.05, 0.1) is 12.2 Å². The smallest absolute Gasteiger partial charge is 0.282 e. The van der Waals surface area contributed by atoms with Crippen molar-refractivity contribution in [2.45, 2.75) is 51.5 Å². The molecule has 8 heteroatoms. The van der Waals surface area contributed by atoms with Gasteiger partial charge in [0.1, 0.15) is 5.82 Å². The fourth-order valence-corrected chi connectivity index (χ4v) is 5.26. The summed E-state index contributed by atoms with van der Waals surface area (Å²) in [6.45, 7) is 4.28. The average molecular weight is 377 g/mol. The van der Waals surface area contributed by atoms with Gasteiger partial charge in [-0.3, -0.25) is 0 Å². The second-order valence-electron chi connectivity index (χ2n) is 6.56. The van der Waals surface area contributed by atoms with Gasteiger partial charge in [-0.1, -0.05) is 17.7 Å². The van der Waals surface area contributed by atoms with Crippen LogP contribution in [0.1, 0.15) is 32.3 Å². The molecule has 0 spiro atoms. The molecule has 1 saturated heterocycles. The Bertz CT molecular complexity index is 681. The summed E-state index contributed by atoms with van der Waals surface area (Å²) in [5.74, 6) is -0.480. The van der Waals surface area contributed by atoms with Gasteiger partial charge >= 0.3 is 0 Å². The maximum atomic E-state index is 14.1. The highest BCUT2D eigenvalue weighted by molar-refractivity contribution is 7.86. The predicted molar refractivity (Wildman–Crippen MR) is 90.5 cm³/mol. The van der Waals surface area contributed by atoms with Crippen LogP contribution in [0.2, 0.25) is 5.02 Å². The molecule has 1 saturated carbocycles. The summed E-state index contributed by atoms with van der Waals surface area (Å²) < 4.78 is 48.8. The molecule has 1 aliphatic carbocycles. The average Bonchev–Trinajstić information content (AvgIpc) is 3.30. The van der Waals surface area contributed by atoms with E-state index in [4.69, 9.17) is 16.3 Å². The monoisotopic (exact) mass is 376 g/mol. The first-order valence-electron chi connectivity index (χ1n) is 8.14. The van der Waals surface area contributed by atoms with Gasteiger partial charge in [-0.25, -0.2) is 4.39 Å². The molecule has 2 fully saturated rings. The Morgan fingerprint density at radius 3 is 2.46 bits per heavy atom. The van der Waals surface area contributed by atoms with Crippen molar-refractivity contribution in [1.29, 1.82) is 0 Å². The Morgan fingerprint density at radius 1 is 1.29 bits per heavy atom. The minimum Gasteiger partial charge on any atom is -0.373 e. The Hall–Kier alpha value is -0.730. The van der Waals surface area contributed by atoms with Gasteiger partial charge in [0.25, 0.3) is 10.2 Å². The van der Waals surface area contributed by atoms with Crippen molar-refractivity contribution in [1.82, 2.24) is 8.61 Å². The largest absolute Gasteiger partial charge is 0.373 e. The van der Waals surface area contributed by atoms with E-state index in [0.717, 1.165) is 12.8 Å². The number of nitrogens with zero attached hydrogens (tertiary/aromatic N) is 2. The van der Waals surface area contributed by atoms with Crippen LogP contribution in [0.4, 0.5) is 4.39 Å². The third kappa shape index (κ3) is 3.75. The van der Waals surface area contributed by atoms with Crippen molar-refractivity contribution in [2.24, 2.45) is 0 Å². The zero-order chi connectivity index (χ0) is 17.5. The lowest BCUT2D eigenvalue weighted by atomic mass is 10.2. The highest BCUT2D eigenvalue weighted by Crippen LogP contribution is 2.34. The van der Waals surface area contributed by atoms with Gasteiger partial charge in [-0.2, -0.15) is 17.0 Å². The molecule has 0 N–H and O–H groups in total. The van der Waals surface area contributed by atoms with Crippen LogP contribution in [-0.2, 0) is 21.5 Å². The summed E-state index contributed by atoms with van der Waals surface area (Å²) in [6.07, 6.45) is 1.25. The fraction of sp³-hybridized carbons (Fsp3) is 0.625. The molecular formula is C16H22ClFN2O3S. The van der Waals surface area contributed by atoms with Crippen LogP contribution in [0.5, 0.6) is 0 Å². The Kier molecular flexibility index (Phi) is 5.18. The molecule has 3 rings (SSSR count). The Morgan fingerprint density at radius 2 is 1.92 bits per heavy atom. The van der Waals surface area contributed by atoms with Gasteiger partial charge in [-0.15, -0.1) is 0 Å². The van der Waals surface area contributed by atoms with E-state index in [-0.39, 0.29) is 35.4 Å². The summed E-state index contributed by atoms with van der Waals surface area (Å²) in [6, 6.07) is 4.32. The molecule has 2 aliphatic rings. The quantitative estimate of drug-likeness (QED) is 0.794. The van der Waals surface area contributed by atoms with Crippen molar-refractivity contribution in [3.63, 3.8) is 0 Å². The zero-order valence-corrected chi connectivity index (χ0v) is 15.4. The van der Waals surface area contributed by atoms with Crippen LogP contribution in [0, 0.1) is 5.82 Å². The van der Waals surface area contributed by atoms with E-state index >= 15 is 0 Å². The fourth-order valence-electron chi connectivity index (χ4n) is 3.07. The third-order valence-corrected chi connectivity index (χ3v) is 6.66. The molecule has 1 aliphatic heterocycles. The molecule has 0 bridgehead atoms. The predicted octanol–water partition coefficient (Wildman–Crippen LogP) is 2.80. The standard InChI is InChI=1S/C16H22ClFN2O3S/c1-11-8-19(9-12(2)23-11)24(21,22)20(13-6-7-13)10-14-15(17)4-3-5-16(14)18/h3-5,11-13H,6-10H2,1-2H3/t11-,12-/m0/s1. The molecule has 0 radical (unpaired) electrons. The second-order valence-corrected chi connectivity index (χ2v) is 8.85. The molecule has 5 nitrogen and oxygen atoms in total. The summed E-state index contributed by atoms with van der Waals surface area (Å²) >= 11 is 6.09. The minimum absolute atomic E-state index is 0.0430. The number of ether oxygens (including phenoxy) is 1. The first-order valence-corrected chi connectivity index (χ1v) is 9.91. The Labute approximate surface area is 147 Å². The van der Waals surface area contributed by atoms with Crippen LogP contribution in [0.15, 0.2) is 18.2 Å². The van der Waals surface area contributed by atoms with E-state index in [0.29, 0.717) is 13.1 Å². The first kappa shape index (κ1) is 18.1. The van der Waals surface area contributed by atoms with Crippen LogP contribution >= 0.6 is 11.6 Å². The highest BCUT2D eigenvalue weighted by Gasteiger charge is 2.43. The highest BCUT2D eigenvalue weighted by atomic mass is 35.5. The first-order chi connectivity index (χ1) is 11.3. The van der Waals surface area contributed by atoms with E-state index in [2.05, 4.69) is 0 Å². The molecule has 0 unspecified atom stereocenters. The number of hydrogen-bond donors (Lipinski definition) is 0. The van der Waals surface area contributed by atoms with E-state index in [1.807, 2.05) is 13.8 Å². The van der Waals surface area contributed by atoms with Crippen LogP contribution in [0.25, 0.3) is 0 Å². The van der Waals surface area contributed by atoms with Gasteiger partial charge in [-0.05, 0) is 38.8 Å². The van der Waals surface area contributed by atoms with E-state index in [9.17, 15) is 12.8 Å². The summed E-state index contributed by atoms with van der Waals surface area (Å²) in [4.78, 5) is 0. The number of rotatable bonds is 5. The number of halogens is 2. The summed E-state index contributed by atoms with van der Waals surface area (Å²) in [7, 11) is -3.70. The van der Waals surface area contributed by atoms with Crippen molar-refractivity contribution in [3.8, 4) is 0 Å². The van der Waals surface area contributed by atoms with Crippen molar-refractivity contribution < 1.29 is 17.5 Å². The molecule has 1 aromatic carbocycles. The minimum atomic E-state index is -3.70. The van der Waals surface area contributed by atoms with E-state index in [1.165, 1.54) is 20.7 Å². The topological polar surface area (TPSA) is 49.9 Å². The molecule has 2 atom stereocenters. The molecule has 1 aromatic rings. The van der Waals surface area contributed by atoms with Gasteiger partial charge in [0.2, 0.25) is 0 Å². The van der Waals surface area contributed by atoms with Crippen molar-refractivity contribution >= 4 is 21.8 Å². The molecule has 1 heterocycles. The van der Waals surface area contributed by atoms with E-state index < -0.39 is 16.0 Å². The van der Waals surface area contributed by atoms with Crippen molar-refractivity contribution in [2.75, 3.05) is 13.1 Å². The lowest BCUT2D eigenvalue weighted by Gasteiger charge is -2.37. The maximum Gasteiger partial charge on any atom is 0.282 e. The van der Waals surface area contributed by atoms with Gasteiger partial charge < -0.3 is 4.74 Å². The SMILES string of the molecule is C[C@H]1CN(S(=O)(=O)N(Cc2c(F)cccc2Cl)C2CC2)C[C@H](C)O1. The third-order valence-electron chi connectivity index (χ3n) is 4.34. The second kappa shape index (κ2) is 6.88.